The van der Waals surface area contributed by atoms with Crippen molar-refractivity contribution in [1.82, 2.24) is 20.0 Å². The monoisotopic (exact) mass is 432 g/mol. The lowest BCUT2D eigenvalue weighted by Crippen LogP contribution is -2.39. The Kier molecular flexibility index (Phi) is 6.53. The van der Waals surface area contributed by atoms with Gasteiger partial charge < -0.3 is 10.2 Å². The fourth-order valence-electron chi connectivity index (χ4n) is 4.14. The summed E-state index contributed by atoms with van der Waals surface area (Å²) in [7, 11) is 0. The van der Waals surface area contributed by atoms with E-state index in [2.05, 4.69) is 17.0 Å². The first-order valence-electron chi connectivity index (χ1n) is 10.3. The molecule has 0 spiro atoms. The maximum absolute atomic E-state index is 14.0. The molecular formula is C22H26F2N4OS. The largest absolute Gasteiger partial charge is 0.336 e. The lowest BCUT2D eigenvalue weighted by molar-refractivity contribution is 0.0764. The van der Waals surface area contributed by atoms with Gasteiger partial charge in [0.05, 0.1) is 6.54 Å². The van der Waals surface area contributed by atoms with Gasteiger partial charge in [-0.1, -0.05) is 12.1 Å². The molecule has 30 heavy (non-hydrogen) atoms. The van der Waals surface area contributed by atoms with E-state index >= 15 is 0 Å². The van der Waals surface area contributed by atoms with Gasteiger partial charge in [-0.25, -0.2) is 8.78 Å². The van der Waals surface area contributed by atoms with Crippen molar-refractivity contribution in [2.45, 2.75) is 38.4 Å². The molecule has 160 valence electrons. The lowest BCUT2D eigenvalue weighted by atomic mass is 9.91. The molecular weight excluding hydrogens is 406 g/mol. The molecule has 1 fully saturated rings. The van der Waals surface area contributed by atoms with Gasteiger partial charge in [-0.15, -0.1) is 6.58 Å². The minimum atomic E-state index is -0.576. The van der Waals surface area contributed by atoms with Crippen LogP contribution in [0, 0.1) is 11.6 Å². The standard InChI is InChI=1S/C22H26F2N4OS/c1-2-7-28-20-6-5-17(25-14-15-3-4-16(23)12-19(15)24)13-18(20)21(26-28)22(29)27-8-10-30-11-9-27/h2-4,12,17,25H,1,5-11,13-14H2/t17-/m1/s1. The zero-order valence-corrected chi connectivity index (χ0v) is 17.7. The number of carbonyl (C=O) groups is 1. The van der Waals surface area contributed by atoms with Crippen LogP contribution in [-0.4, -0.2) is 51.2 Å². The highest BCUT2D eigenvalue weighted by molar-refractivity contribution is 7.99. The van der Waals surface area contributed by atoms with Crippen LogP contribution in [0.15, 0.2) is 30.9 Å². The Labute approximate surface area is 179 Å². The molecule has 1 aliphatic carbocycles. The van der Waals surface area contributed by atoms with Gasteiger partial charge in [0, 0.05) is 60.1 Å². The maximum Gasteiger partial charge on any atom is 0.274 e. The normalized spacial score (nSPS) is 18.9. The summed E-state index contributed by atoms with van der Waals surface area (Å²) < 4.78 is 29.0. The molecule has 1 aromatic carbocycles. The molecule has 1 N–H and O–H groups in total. The van der Waals surface area contributed by atoms with Crippen LogP contribution in [-0.2, 0) is 25.9 Å². The minimum Gasteiger partial charge on any atom is -0.336 e. The number of benzene rings is 1. The Bertz CT molecular complexity index is 939. The van der Waals surface area contributed by atoms with E-state index in [9.17, 15) is 13.6 Å². The molecule has 4 rings (SSSR count). The topological polar surface area (TPSA) is 50.2 Å². The number of carbonyl (C=O) groups excluding carboxylic acids is 1. The number of thioether (sulfide) groups is 1. The zero-order valence-electron chi connectivity index (χ0n) is 16.9. The Balaban J connectivity index is 1.52. The summed E-state index contributed by atoms with van der Waals surface area (Å²) in [5.41, 5.74) is 3.06. The van der Waals surface area contributed by atoms with Crippen LogP contribution in [0.4, 0.5) is 8.78 Å². The first kappa shape index (κ1) is 21.1. The number of allylic oxidation sites excluding steroid dienone is 1. The van der Waals surface area contributed by atoms with Crippen molar-refractivity contribution in [1.29, 1.82) is 0 Å². The predicted molar refractivity (Wildman–Crippen MR) is 115 cm³/mol. The van der Waals surface area contributed by atoms with Crippen LogP contribution in [0.5, 0.6) is 0 Å². The SMILES string of the molecule is C=CCn1nc(C(=O)N2CCSCC2)c2c1CC[C@@H](NCc1ccc(F)cc1F)C2. The van der Waals surface area contributed by atoms with Crippen LogP contribution < -0.4 is 5.32 Å². The van der Waals surface area contributed by atoms with Crippen molar-refractivity contribution in [3.63, 3.8) is 0 Å². The summed E-state index contributed by atoms with van der Waals surface area (Å²) in [6.45, 7) is 6.20. The van der Waals surface area contributed by atoms with E-state index < -0.39 is 11.6 Å². The van der Waals surface area contributed by atoms with E-state index in [1.54, 1.807) is 6.08 Å². The van der Waals surface area contributed by atoms with E-state index in [4.69, 9.17) is 0 Å². The van der Waals surface area contributed by atoms with Gasteiger partial charge in [-0.2, -0.15) is 16.9 Å². The molecule has 0 unspecified atom stereocenters. The average Bonchev–Trinajstić information content (AvgIpc) is 3.11. The van der Waals surface area contributed by atoms with Gasteiger partial charge in [0.2, 0.25) is 0 Å². The maximum atomic E-state index is 14.0. The molecule has 2 aromatic rings. The third-order valence-corrected chi connectivity index (χ3v) is 6.69. The van der Waals surface area contributed by atoms with Crippen LogP contribution >= 0.6 is 11.8 Å². The van der Waals surface area contributed by atoms with E-state index in [1.165, 1.54) is 12.1 Å². The second-order valence-corrected chi connectivity index (χ2v) is 8.93. The smallest absolute Gasteiger partial charge is 0.274 e. The molecule has 8 heteroatoms. The first-order valence-corrected chi connectivity index (χ1v) is 11.5. The number of halogens is 2. The predicted octanol–water partition coefficient (Wildman–Crippen LogP) is 3.18. The fraction of sp³-hybridized carbons (Fsp3) is 0.455. The van der Waals surface area contributed by atoms with Crippen LogP contribution in [0.3, 0.4) is 0 Å². The summed E-state index contributed by atoms with van der Waals surface area (Å²) in [6, 6.07) is 3.75. The van der Waals surface area contributed by atoms with Crippen molar-refractivity contribution in [3.8, 4) is 0 Å². The highest BCUT2D eigenvalue weighted by Gasteiger charge is 2.31. The van der Waals surface area contributed by atoms with E-state index in [-0.39, 0.29) is 11.9 Å². The van der Waals surface area contributed by atoms with Gasteiger partial charge in [0.15, 0.2) is 5.69 Å². The Morgan fingerprint density at radius 3 is 2.87 bits per heavy atom. The number of aromatic nitrogens is 2. The van der Waals surface area contributed by atoms with Crippen molar-refractivity contribution >= 4 is 17.7 Å². The minimum absolute atomic E-state index is 0.000378. The average molecular weight is 433 g/mol. The summed E-state index contributed by atoms with van der Waals surface area (Å²) >= 11 is 1.86. The molecule has 1 aliphatic heterocycles. The van der Waals surface area contributed by atoms with Crippen LogP contribution in [0.2, 0.25) is 0 Å². The van der Waals surface area contributed by atoms with Crippen molar-refractivity contribution < 1.29 is 13.6 Å². The van der Waals surface area contributed by atoms with Gasteiger partial charge in [0.1, 0.15) is 11.6 Å². The molecule has 0 radical (unpaired) electrons. The third-order valence-electron chi connectivity index (χ3n) is 5.75. The number of nitrogens with zero attached hydrogens (tertiary/aromatic N) is 3. The molecule has 2 heterocycles. The van der Waals surface area contributed by atoms with Crippen molar-refractivity contribution in [3.05, 3.63) is 65.0 Å². The van der Waals surface area contributed by atoms with Crippen LogP contribution in [0.25, 0.3) is 0 Å². The van der Waals surface area contributed by atoms with Gasteiger partial charge in [-0.3, -0.25) is 9.48 Å². The van der Waals surface area contributed by atoms with E-state index in [0.717, 1.165) is 54.8 Å². The van der Waals surface area contributed by atoms with Gasteiger partial charge in [-0.05, 0) is 25.3 Å². The highest BCUT2D eigenvalue weighted by Crippen LogP contribution is 2.27. The number of hydrogen-bond acceptors (Lipinski definition) is 4. The molecule has 1 atom stereocenters. The second-order valence-electron chi connectivity index (χ2n) is 7.71. The van der Waals surface area contributed by atoms with E-state index in [0.29, 0.717) is 30.8 Å². The number of fused-ring (bicyclic) bond motifs is 1. The highest BCUT2D eigenvalue weighted by atomic mass is 32.2. The number of amides is 1. The number of hydrogen-bond donors (Lipinski definition) is 1. The lowest BCUT2D eigenvalue weighted by Gasteiger charge is -2.27. The molecule has 1 amide bonds. The molecule has 1 aromatic heterocycles. The van der Waals surface area contributed by atoms with Gasteiger partial charge in [0.25, 0.3) is 5.91 Å². The fourth-order valence-corrected chi connectivity index (χ4v) is 5.05. The summed E-state index contributed by atoms with van der Waals surface area (Å²) in [6.07, 6.45) is 4.12. The van der Waals surface area contributed by atoms with Gasteiger partial charge >= 0.3 is 0 Å². The zero-order chi connectivity index (χ0) is 21.1. The molecule has 2 aliphatic rings. The Morgan fingerprint density at radius 1 is 1.33 bits per heavy atom. The molecule has 0 bridgehead atoms. The molecule has 0 saturated carbocycles. The Hall–Kier alpha value is -2.19. The number of rotatable bonds is 6. The third kappa shape index (κ3) is 4.44. The second kappa shape index (κ2) is 9.31. The van der Waals surface area contributed by atoms with Crippen molar-refractivity contribution in [2.75, 3.05) is 24.6 Å². The molecule has 5 nitrogen and oxygen atoms in total. The number of nitrogens with one attached hydrogen (secondary N) is 1. The van der Waals surface area contributed by atoms with Crippen molar-refractivity contribution in [2.24, 2.45) is 0 Å². The molecule has 1 saturated heterocycles. The Morgan fingerprint density at radius 2 is 2.13 bits per heavy atom. The summed E-state index contributed by atoms with van der Waals surface area (Å²) in [5.74, 6) is 0.785. The van der Waals surface area contributed by atoms with Crippen LogP contribution in [0.1, 0.15) is 33.7 Å². The quantitative estimate of drug-likeness (QED) is 0.713. The van der Waals surface area contributed by atoms with E-state index in [1.807, 2.05) is 21.3 Å². The summed E-state index contributed by atoms with van der Waals surface area (Å²) in [4.78, 5) is 15.1. The summed E-state index contributed by atoms with van der Waals surface area (Å²) in [5, 5.41) is 8.03. The first-order chi connectivity index (χ1) is 14.6.